The average Bonchev–Trinajstić information content (AvgIpc) is 2.89. The van der Waals surface area contributed by atoms with Gasteiger partial charge in [-0.15, -0.1) is 10.2 Å². The second-order valence-electron chi connectivity index (χ2n) is 8.77. The van der Waals surface area contributed by atoms with Crippen molar-refractivity contribution >= 4 is 38.1 Å². The first-order valence-electron chi connectivity index (χ1n) is 11.5. The van der Waals surface area contributed by atoms with Crippen LogP contribution in [0.3, 0.4) is 0 Å². The number of nitrogens with zero attached hydrogens (tertiary/aromatic N) is 2. The van der Waals surface area contributed by atoms with E-state index >= 15 is 0 Å². The third-order valence-corrected chi connectivity index (χ3v) is 7.62. The second kappa shape index (κ2) is 9.51. The Labute approximate surface area is 213 Å². The van der Waals surface area contributed by atoms with Crippen molar-refractivity contribution in [2.45, 2.75) is 24.7 Å². The van der Waals surface area contributed by atoms with Gasteiger partial charge in [-0.25, -0.2) is 8.42 Å². The SMILES string of the molecule is Cc1ccc(S(=O)(=O)Nc2cc(N=NC(=O)c3ccc4cccc(O)c4c3)c(O)c3c2CC=CC3)cc1. The van der Waals surface area contributed by atoms with Crippen LogP contribution in [0.5, 0.6) is 11.5 Å². The van der Waals surface area contributed by atoms with E-state index in [1.165, 1.54) is 30.3 Å². The maximum absolute atomic E-state index is 13.1. The minimum Gasteiger partial charge on any atom is -0.507 e. The van der Waals surface area contributed by atoms with Crippen molar-refractivity contribution in [3.05, 3.63) is 101 Å². The van der Waals surface area contributed by atoms with Crippen LogP contribution in [-0.2, 0) is 22.9 Å². The number of allylic oxidation sites excluding steroid dienone is 2. The van der Waals surface area contributed by atoms with Crippen molar-refractivity contribution in [3.8, 4) is 11.5 Å². The lowest BCUT2D eigenvalue weighted by atomic mass is 9.93. The molecule has 4 aromatic carbocycles. The summed E-state index contributed by atoms with van der Waals surface area (Å²) in [4.78, 5) is 12.9. The third kappa shape index (κ3) is 4.81. The summed E-state index contributed by atoms with van der Waals surface area (Å²) < 4.78 is 28.7. The molecule has 186 valence electrons. The van der Waals surface area contributed by atoms with E-state index in [1.54, 1.807) is 30.3 Å². The van der Waals surface area contributed by atoms with Gasteiger partial charge in [0.25, 0.3) is 15.9 Å². The Morgan fingerprint density at radius 2 is 1.65 bits per heavy atom. The third-order valence-electron chi connectivity index (χ3n) is 6.24. The molecule has 0 aliphatic heterocycles. The van der Waals surface area contributed by atoms with Gasteiger partial charge in [0, 0.05) is 16.5 Å². The highest BCUT2D eigenvalue weighted by molar-refractivity contribution is 7.92. The number of hydrogen-bond donors (Lipinski definition) is 3. The molecule has 0 unspecified atom stereocenters. The Morgan fingerprint density at radius 3 is 2.41 bits per heavy atom. The lowest BCUT2D eigenvalue weighted by molar-refractivity contribution is 0.0995. The highest BCUT2D eigenvalue weighted by Crippen LogP contribution is 2.41. The van der Waals surface area contributed by atoms with E-state index in [1.807, 2.05) is 25.1 Å². The summed E-state index contributed by atoms with van der Waals surface area (Å²) in [7, 11) is -3.91. The average molecular weight is 514 g/mol. The van der Waals surface area contributed by atoms with Crippen molar-refractivity contribution in [2.75, 3.05) is 4.72 Å². The number of phenols is 2. The van der Waals surface area contributed by atoms with E-state index in [-0.39, 0.29) is 33.3 Å². The monoisotopic (exact) mass is 513 g/mol. The summed E-state index contributed by atoms with van der Waals surface area (Å²) >= 11 is 0. The number of phenolic OH excluding ortho intramolecular Hbond substituents is 2. The summed E-state index contributed by atoms with van der Waals surface area (Å²) in [6, 6.07) is 17.7. The number of azo groups is 1. The molecule has 4 aromatic rings. The summed E-state index contributed by atoms with van der Waals surface area (Å²) in [6.45, 7) is 1.87. The minimum atomic E-state index is -3.91. The molecule has 0 bridgehead atoms. The minimum absolute atomic E-state index is 0.0346. The van der Waals surface area contributed by atoms with E-state index in [0.717, 1.165) is 10.9 Å². The molecule has 5 rings (SSSR count). The van der Waals surface area contributed by atoms with Crippen LogP contribution in [0.15, 0.2) is 94.0 Å². The number of fused-ring (bicyclic) bond motifs is 2. The molecule has 1 amide bonds. The van der Waals surface area contributed by atoms with Crippen LogP contribution in [0.2, 0.25) is 0 Å². The van der Waals surface area contributed by atoms with Crippen LogP contribution >= 0.6 is 0 Å². The first kappa shape index (κ1) is 24.2. The van der Waals surface area contributed by atoms with E-state index in [4.69, 9.17) is 0 Å². The number of benzene rings is 4. The van der Waals surface area contributed by atoms with Gasteiger partial charge in [-0.3, -0.25) is 9.52 Å². The molecular formula is C28H23N3O5S. The van der Waals surface area contributed by atoms with Crippen LogP contribution in [0.25, 0.3) is 10.8 Å². The summed E-state index contributed by atoms with van der Waals surface area (Å²) in [5.41, 5.74) is 2.51. The molecule has 0 heterocycles. The van der Waals surface area contributed by atoms with Gasteiger partial charge in [0.1, 0.15) is 17.2 Å². The van der Waals surface area contributed by atoms with Gasteiger partial charge < -0.3 is 10.2 Å². The fraction of sp³-hybridized carbons (Fsp3) is 0.107. The molecule has 0 saturated heterocycles. The first-order chi connectivity index (χ1) is 17.7. The highest BCUT2D eigenvalue weighted by atomic mass is 32.2. The molecule has 0 atom stereocenters. The summed E-state index contributed by atoms with van der Waals surface area (Å²) in [5.74, 6) is -0.802. The van der Waals surface area contributed by atoms with Crippen LogP contribution in [0.4, 0.5) is 11.4 Å². The first-order valence-corrected chi connectivity index (χ1v) is 13.0. The maximum Gasteiger partial charge on any atom is 0.295 e. The van der Waals surface area contributed by atoms with Gasteiger partial charge >= 0.3 is 0 Å². The smallest absolute Gasteiger partial charge is 0.295 e. The molecule has 0 aromatic heterocycles. The predicted octanol–water partition coefficient (Wildman–Crippen LogP) is 5.94. The van der Waals surface area contributed by atoms with Gasteiger partial charge in [0.2, 0.25) is 0 Å². The van der Waals surface area contributed by atoms with Gasteiger partial charge in [-0.05, 0) is 67.1 Å². The quantitative estimate of drug-likeness (QED) is 0.173. The Hall–Kier alpha value is -4.50. The van der Waals surface area contributed by atoms with Crippen LogP contribution in [0, 0.1) is 6.92 Å². The highest BCUT2D eigenvalue weighted by Gasteiger charge is 2.23. The number of rotatable bonds is 5. The zero-order valence-electron chi connectivity index (χ0n) is 19.8. The van der Waals surface area contributed by atoms with Crippen LogP contribution < -0.4 is 4.72 Å². The van der Waals surface area contributed by atoms with Gasteiger partial charge in [-0.2, -0.15) is 0 Å². The van der Waals surface area contributed by atoms with Crippen LogP contribution in [-0.4, -0.2) is 24.5 Å². The van der Waals surface area contributed by atoms with Crippen molar-refractivity contribution < 1.29 is 23.4 Å². The van der Waals surface area contributed by atoms with Crippen molar-refractivity contribution in [2.24, 2.45) is 10.2 Å². The number of hydrogen-bond acceptors (Lipinski definition) is 6. The lowest BCUT2D eigenvalue weighted by Gasteiger charge is -2.20. The fourth-order valence-electron chi connectivity index (χ4n) is 4.24. The standard InChI is InChI=1S/C28H23N3O5S/c1-17-9-13-20(14-10-17)37(35,36)31-24-16-25(27(33)22-7-3-2-6-21(22)24)29-30-28(34)19-12-11-18-5-4-8-26(32)23(18)15-19/h2-5,8-16,31-33H,6-7H2,1H3. The fourth-order valence-corrected chi connectivity index (χ4v) is 5.33. The molecule has 9 heteroatoms. The van der Waals surface area contributed by atoms with Crippen LogP contribution in [0.1, 0.15) is 27.0 Å². The number of sulfonamides is 1. The molecule has 0 spiro atoms. The molecule has 1 aliphatic rings. The van der Waals surface area contributed by atoms with E-state index in [0.29, 0.717) is 29.4 Å². The van der Waals surface area contributed by atoms with E-state index in [2.05, 4.69) is 15.0 Å². The molecule has 0 radical (unpaired) electrons. The second-order valence-corrected chi connectivity index (χ2v) is 10.4. The molecule has 3 N–H and O–H groups in total. The summed E-state index contributed by atoms with van der Waals surface area (Å²) in [5, 5.41) is 30.0. The Morgan fingerprint density at radius 1 is 0.919 bits per heavy atom. The lowest BCUT2D eigenvalue weighted by Crippen LogP contribution is -2.15. The number of carbonyl (C=O) groups excluding carboxylic acids is 1. The Kier molecular flexibility index (Phi) is 6.22. The number of amides is 1. The van der Waals surface area contributed by atoms with Gasteiger partial charge in [0.05, 0.1) is 10.6 Å². The van der Waals surface area contributed by atoms with Crippen molar-refractivity contribution in [1.82, 2.24) is 0 Å². The number of aromatic hydroxyl groups is 2. The molecule has 8 nitrogen and oxygen atoms in total. The molecule has 0 fully saturated rings. The van der Waals surface area contributed by atoms with E-state index < -0.39 is 15.9 Å². The van der Waals surface area contributed by atoms with E-state index in [9.17, 15) is 23.4 Å². The largest absolute Gasteiger partial charge is 0.507 e. The van der Waals surface area contributed by atoms with Crippen molar-refractivity contribution in [3.63, 3.8) is 0 Å². The topological polar surface area (TPSA) is 128 Å². The zero-order chi connectivity index (χ0) is 26.2. The number of aryl methyl sites for hydroxylation is 1. The summed E-state index contributed by atoms with van der Waals surface area (Å²) in [6.07, 6.45) is 4.56. The molecule has 37 heavy (non-hydrogen) atoms. The zero-order valence-corrected chi connectivity index (χ0v) is 20.7. The molecular weight excluding hydrogens is 490 g/mol. The van der Waals surface area contributed by atoms with Gasteiger partial charge in [0.15, 0.2) is 0 Å². The molecule has 0 saturated carbocycles. The molecule has 1 aliphatic carbocycles. The number of nitrogens with one attached hydrogen (secondary N) is 1. The van der Waals surface area contributed by atoms with Crippen molar-refractivity contribution in [1.29, 1.82) is 0 Å². The maximum atomic E-state index is 13.1. The predicted molar refractivity (Wildman–Crippen MR) is 141 cm³/mol. The number of anilines is 1. The Balaban J connectivity index is 1.50. The Bertz CT molecular complexity index is 1710. The van der Waals surface area contributed by atoms with Gasteiger partial charge in [-0.1, -0.05) is 48.0 Å². The number of carbonyl (C=O) groups is 1. The normalized spacial score (nSPS) is 13.1.